The molecule has 0 aliphatic rings. The van der Waals surface area contributed by atoms with Crippen LogP contribution in [0.3, 0.4) is 0 Å². The Balaban J connectivity index is 3.35. The van der Waals surface area contributed by atoms with Gasteiger partial charge in [0.05, 0.1) is 9.76 Å². The van der Waals surface area contributed by atoms with Gasteiger partial charge in [0.2, 0.25) is 7.79 Å². The lowest BCUT2D eigenvalue weighted by Gasteiger charge is -2.18. The average molecular weight is 164 g/mol. The van der Waals surface area contributed by atoms with Crippen LogP contribution in [-0.2, 0) is 0 Å². The fourth-order valence-corrected chi connectivity index (χ4v) is 2.72. The summed E-state index contributed by atoms with van der Waals surface area (Å²) < 4.78 is 2.20. The van der Waals surface area contributed by atoms with Crippen LogP contribution in [-0.4, -0.2) is 35.2 Å². The Labute approximate surface area is 60.6 Å². The van der Waals surface area contributed by atoms with E-state index < -0.39 is 7.79 Å². The molecule has 0 aromatic carbocycles. The molecule has 4 radical (unpaired) electrons. The van der Waals surface area contributed by atoms with E-state index in [1.165, 1.54) is 0 Å². The third-order valence-electron chi connectivity index (χ3n) is 1.04. The minimum atomic E-state index is -0.864. The lowest BCUT2D eigenvalue weighted by Crippen LogP contribution is -2.35. The Bertz CT molecular complexity index is 56.0. The van der Waals surface area contributed by atoms with Gasteiger partial charge >= 0.3 is 0 Å². The quantitative estimate of drug-likeness (QED) is 0.438. The molecule has 0 aliphatic carbocycles. The second-order valence-electron chi connectivity index (χ2n) is 1.46. The summed E-state index contributed by atoms with van der Waals surface area (Å²) in [6.07, 6.45) is 0. The smallest absolute Gasteiger partial charge is 0.225 e. The molecule has 0 rings (SSSR count). The molecule has 0 N–H and O–H groups in total. The first-order valence-corrected chi connectivity index (χ1v) is 6.67. The van der Waals surface area contributed by atoms with Crippen molar-refractivity contribution in [1.29, 1.82) is 0 Å². The van der Waals surface area contributed by atoms with Crippen LogP contribution >= 0.6 is 11.1 Å². The number of hydrogen-bond donors (Lipinski definition) is 0. The highest BCUT2D eigenvalue weighted by Gasteiger charge is 2.07. The van der Waals surface area contributed by atoms with Gasteiger partial charge < -0.3 is 4.57 Å². The van der Waals surface area contributed by atoms with E-state index in [0.29, 0.717) is 0 Å². The summed E-state index contributed by atoms with van der Waals surface area (Å²) in [5.41, 5.74) is 0. The summed E-state index contributed by atoms with van der Waals surface area (Å²) in [6.45, 7) is 6.29. The Hall–Kier alpha value is 0.684. The van der Waals surface area contributed by atoms with Crippen molar-refractivity contribution in [2.24, 2.45) is 0 Å². The van der Waals surface area contributed by atoms with E-state index in [2.05, 4.69) is 28.2 Å². The van der Waals surface area contributed by atoms with Crippen molar-refractivity contribution in [2.45, 2.75) is 13.8 Å². The second kappa shape index (κ2) is 4.55. The number of halogens is 1. The van der Waals surface area contributed by atoms with E-state index >= 15 is 0 Å². The molecule has 46 valence electrons. The maximum atomic E-state index is 5.79. The van der Waals surface area contributed by atoms with Gasteiger partial charge in [-0.1, -0.05) is 13.8 Å². The predicted molar refractivity (Wildman–Crippen MR) is 40.3 cm³/mol. The number of hydrogen-bond acceptors (Lipinski definition) is 1. The summed E-state index contributed by atoms with van der Waals surface area (Å²) in [7, 11) is 2.54. The molecule has 0 fully saturated rings. The third kappa shape index (κ3) is 2.86. The fraction of sp³-hybridized carbons (Fsp3) is 1.00. The first-order valence-electron chi connectivity index (χ1n) is 2.71. The molecule has 0 aromatic heterocycles. The van der Waals surface area contributed by atoms with Crippen LogP contribution in [0.4, 0.5) is 0 Å². The van der Waals surface area contributed by atoms with Crippen molar-refractivity contribution in [3.05, 3.63) is 0 Å². The Morgan fingerprint density at radius 2 is 1.88 bits per heavy atom. The summed E-state index contributed by atoms with van der Waals surface area (Å²) in [5, 5.41) is 0. The Morgan fingerprint density at radius 3 is 1.88 bits per heavy atom. The average Bonchev–Trinajstić information content (AvgIpc) is 1.69. The summed E-state index contributed by atoms with van der Waals surface area (Å²) in [5.74, 6) is 0. The third-order valence-corrected chi connectivity index (χ3v) is 3.89. The van der Waals surface area contributed by atoms with Crippen LogP contribution in [0.5, 0.6) is 0 Å². The molecule has 0 saturated carbocycles. The van der Waals surface area contributed by atoms with Crippen LogP contribution < -0.4 is 0 Å². The minimum absolute atomic E-state index is 0.864. The van der Waals surface area contributed by atoms with E-state index in [-0.39, 0.29) is 0 Å². The fourth-order valence-electron chi connectivity index (χ4n) is 0.501. The van der Waals surface area contributed by atoms with Gasteiger partial charge in [-0.25, -0.2) is 0 Å². The zero-order chi connectivity index (χ0) is 6.57. The SMILES string of the molecule is CCN(CC)[Si]([Si])Cl. The molecule has 0 heterocycles. The van der Waals surface area contributed by atoms with Crippen LogP contribution in [0.1, 0.15) is 13.8 Å². The lowest BCUT2D eigenvalue weighted by atomic mass is 10.7. The first-order chi connectivity index (χ1) is 3.72. The van der Waals surface area contributed by atoms with E-state index in [9.17, 15) is 0 Å². The van der Waals surface area contributed by atoms with Gasteiger partial charge in [0, 0.05) is 0 Å². The molecule has 8 heavy (non-hydrogen) atoms. The Kier molecular flexibility index (Phi) is 4.94. The molecule has 0 unspecified atom stereocenters. The molecule has 1 nitrogen and oxygen atoms in total. The molecular formula is C4H10ClNSi2. The summed E-state index contributed by atoms with van der Waals surface area (Å²) in [6, 6.07) is 0. The number of rotatable bonds is 3. The zero-order valence-electron chi connectivity index (χ0n) is 5.24. The van der Waals surface area contributed by atoms with Gasteiger partial charge in [-0.05, 0) is 13.1 Å². The van der Waals surface area contributed by atoms with Gasteiger partial charge in [-0.15, -0.1) is 0 Å². The summed E-state index contributed by atoms with van der Waals surface area (Å²) >= 11 is 5.79. The highest BCUT2D eigenvalue weighted by Crippen LogP contribution is 1.92. The zero-order valence-corrected chi connectivity index (χ0v) is 8.00. The van der Waals surface area contributed by atoms with Gasteiger partial charge in [0.1, 0.15) is 0 Å². The van der Waals surface area contributed by atoms with Gasteiger partial charge in [-0.2, -0.15) is 11.1 Å². The van der Waals surface area contributed by atoms with Crippen LogP contribution in [0.25, 0.3) is 0 Å². The maximum Gasteiger partial charge on any atom is 0.225 e. The van der Waals surface area contributed by atoms with E-state index in [4.69, 9.17) is 11.1 Å². The van der Waals surface area contributed by atoms with E-state index in [1.807, 2.05) is 0 Å². The molecule has 0 aromatic rings. The van der Waals surface area contributed by atoms with E-state index in [0.717, 1.165) is 13.1 Å². The molecular weight excluding hydrogens is 154 g/mol. The molecule has 0 atom stereocenters. The number of nitrogens with zero attached hydrogens (tertiary/aromatic N) is 1. The van der Waals surface area contributed by atoms with Crippen molar-refractivity contribution in [3.8, 4) is 0 Å². The molecule has 0 bridgehead atoms. The van der Waals surface area contributed by atoms with Gasteiger partial charge in [-0.3, -0.25) is 0 Å². The summed E-state index contributed by atoms with van der Waals surface area (Å²) in [4.78, 5) is 0. The normalized spacial score (nSPS) is 11.2. The van der Waals surface area contributed by atoms with Crippen LogP contribution in [0.2, 0.25) is 0 Å². The second-order valence-corrected chi connectivity index (χ2v) is 6.12. The molecule has 4 heteroatoms. The predicted octanol–water partition coefficient (Wildman–Crippen LogP) is 0.720. The molecule has 0 spiro atoms. The maximum absolute atomic E-state index is 5.79. The van der Waals surface area contributed by atoms with Crippen molar-refractivity contribution in [2.75, 3.05) is 13.1 Å². The molecule has 0 saturated heterocycles. The Morgan fingerprint density at radius 1 is 1.50 bits per heavy atom. The highest BCUT2D eigenvalue weighted by molar-refractivity contribution is 7.30. The van der Waals surface area contributed by atoms with Crippen LogP contribution in [0, 0.1) is 0 Å². The van der Waals surface area contributed by atoms with Gasteiger partial charge in [0.15, 0.2) is 0 Å². The monoisotopic (exact) mass is 163 g/mol. The topological polar surface area (TPSA) is 3.24 Å². The van der Waals surface area contributed by atoms with Crippen molar-refractivity contribution in [1.82, 2.24) is 4.57 Å². The molecule has 0 aliphatic heterocycles. The molecule has 0 amide bonds. The lowest BCUT2D eigenvalue weighted by molar-refractivity contribution is 0.497. The van der Waals surface area contributed by atoms with Gasteiger partial charge in [0.25, 0.3) is 0 Å². The standard InChI is InChI=1S/C4H10ClNSi2/c1-3-6(4-2)8(5)7/h3-4H2,1-2H3. The van der Waals surface area contributed by atoms with Crippen molar-refractivity contribution >= 4 is 28.6 Å². The largest absolute Gasteiger partial charge is 0.315 e. The minimum Gasteiger partial charge on any atom is -0.315 e. The van der Waals surface area contributed by atoms with Crippen molar-refractivity contribution in [3.63, 3.8) is 0 Å². The van der Waals surface area contributed by atoms with Crippen LogP contribution in [0.15, 0.2) is 0 Å². The first kappa shape index (κ1) is 8.68. The van der Waals surface area contributed by atoms with Crippen molar-refractivity contribution < 1.29 is 0 Å². The van der Waals surface area contributed by atoms with E-state index in [1.54, 1.807) is 0 Å². The highest BCUT2D eigenvalue weighted by atomic mass is 35.6.